The highest BCUT2D eigenvalue weighted by Crippen LogP contribution is 2.74. The molecule has 5 aliphatic rings. The molecule has 9 atom stereocenters. The van der Waals surface area contributed by atoms with Crippen molar-refractivity contribution in [1.29, 1.82) is 0 Å². The van der Waals surface area contributed by atoms with E-state index in [0.717, 1.165) is 44.9 Å². The number of hydrogen-bond donors (Lipinski definition) is 2. The lowest BCUT2D eigenvalue weighted by Crippen LogP contribution is -2.65. The summed E-state index contributed by atoms with van der Waals surface area (Å²) in [6.07, 6.45) is 6.59. The van der Waals surface area contributed by atoms with Crippen molar-refractivity contribution in [2.24, 2.45) is 39.4 Å². The molecule has 4 fully saturated rings. The number of hydrogen-bond acceptors (Lipinski definition) is 4. The van der Waals surface area contributed by atoms with Gasteiger partial charge in [-0.2, -0.15) is 0 Å². The molecular formula is C30H48O4. The molecule has 2 N–H and O–H groups in total. The van der Waals surface area contributed by atoms with E-state index < -0.39 is 6.10 Å². The Bertz CT molecular complexity index is 917. The van der Waals surface area contributed by atoms with Crippen LogP contribution in [0.2, 0.25) is 0 Å². The molecule has 0 amide bonds. The number of rotatable bonds is 4. The lowest BCUT2D eigenvalue weighted by atomic mass is 9.36. The second-order valence-electron chi connectivity index (χ2n) is 14.6. The van der Waals surface area contributed by atoms with E-state index in [-0.39, 0.29) is 45.4 Å². The van der Waals surface area contributed by atoms with Crippen molar-refractivity contribution in [3.05, 3.63) is 11.1 Å². The summed E-state index contributed by atoms with van der Waals surface area (Å²) in [5.74, 6) is 1.28. The molecule has 1 aliphatic heterocycles. The second kappa shape index (κ2) is 7.42. The van der Waals surface area contributed by atoms with Crippen molar-refractivity contribution in [2.75, 3.05) is 0 Å². The summed E-state index contributed by atoms with van der Waals surface area (Å²) in [7, 11) is 0. The van der Waals surface area contributed by atoms with E-state index >= 15 is 0 Å². The van der Waals surface area contributed by atoms with Crippen LogP contribution < -0.4 is 0 Å². The molecule has 4 heteroatoms. The van der Waals surface area contributed by atoms with Gasteiger partial charge in [0.25, 0.3) is 0 Å². The number of allylic oxidation sites excluding steroid dienone is 1. The van der Waals surface area contributed by atoms with Gasteiger partial charge in [0.05, 0.1) is 17.8 Å². The largest absolute Gasteiger partial charge is 0.392 e. The number of carbonyl (C=O) groups excluding carboxylic acids is 1. The van der Waals surface area contributed by atoms with Crippen LogP contribution in [0.3, 0.4) is 0 Å². The molecule has 1 unspecified atom stereocenters. The first-order valence-corrected chi connectivity index (χ1v) is 13.9. The zero-order valence-corrected chi connectivity index (χ0v) is 22.8. The standard InChI is InChI=1S/C30H48O4/c1-17(15-21(32)25-27(4,5)34-25)18-9-13-29(7)19(18)16-20(31)24-28(6)12-11-23(33)26(2,3)22(28)10-14-30(24,29)8/h17,20-22,24-25,31-32H,9-16H2,1-8H3/t17?,20-,21-,22-,24-,25+,28-,29-,30-/m0/s1. The molecule has 0 radical (unpaired) electrons. The summed E-state index contributed by atoms with van der Waals surface area (Å²) in [6.45, 7) is 18.0. The molecule has 0 aromatic rings. The maximum absolute atomic E-state index is 12.9. The predicted molar refractivity (Wildman–Crippen MR) is 134 cm³/mol. The lowest BCUT2D eigenvalue weighted by molar-refractivity contribution is -0.208. The lowest BCUT2D eigenvalue weighted by Gasteiger charge is -2.69. The third-order valence-electron chi connectivity index (χ3n) is 12.2. The van der Waals surface area contributed by atoms with Gasteiger partial charge in [0.1, 0.15) is 11.9 Å². The third-order valence-corrected chi connectivity index (χ3v) is 12.2. The highest BCUT2D eigenvalue weighted by molar-refractivity contribution is 5.85. The van der Waals surface area contributed by atoms with Gasteiger partial charge in [-0.1, -0.05) is 52.7 Å². The number of fused-ring (bicyclic) bond motifs is 5. The summed E-state index contributed by atoms with van der Waals surface area (Å²) in [5.41, 5.74) is 2.59. The Morgan fingerprint density at radius 3 is 2.29 bits per heavy atom. The van der Waals surface area contributed by atoms with E-state index in [1.807, 2.05) is 0 Å². The molecule has 192 valence electrons. The van der Waals surface area contributed by atoms with Gasteiger partial charge in [0.15, 0.2) is 0 Å². The first kappa shape index (κ1) is 25.0. The minimum atomic E-state index is -0.432. The summed E-state index contributed by atoms with van der Waals surface area (Å²) in [5, 5.41) is 22.6. The minimum Gasteiger partial charge on any atom is -0.392 e. The Hall–Kier alpha value is -0.710. The Kier molecular flexibility index (Phi) is 5.44. The number of Topliss-reactive ketones (excluding diaryl/α,β-unsaturated/α-hetero) is 1. The molecule has 4 aliphatic carbocycles. The fraction of sp³-hybridized carbons (Fsp3) is 0.900. The first-order valence-electron chi connectivity index (χ1n) is 13.9. The summed E-state index contributed by atoms with van der Waals surface area (Å²) < 4.78 is 5.72. The molecule has 1 saturated heterocycles. The van der Waals surface area contributed by atoms with E-state index in [1.54, 1.807) is 0 Å². The molecule has 3 saturated carbocycles. The van der Waals surface area contributed by atoms with Gasteiger partial charge in [-0.25, -0.2) is 0 Å². The van der Waals surface area contributed by atoms with Crippen LogP contribution in [-0.4, -0.2) is 39.9 Å². The maximum atomic E-state index is 12.9. The molecule has 5 rings (SSSR count). The van der Waals surface area contributed by atoms with E-state index in [1.165, 1.54) is 11.1 Å². The van der Waals surface area contributed by atoms with E-state index in [2.05, 4.69) is 55.4 Å². The molecule has 0 aromatic heterocycles. The monoisotopic (exact) mass is 472 g/mol. The summed E-state index contributed by atoms with van der Waals surface area (Å²) in [4.78, 5) is 12.9. The van der Waals surface area contributed by atoms with E-state index in [4.69, 9.17) is 4.74 Å². The van der Waals surface area contributed by atoms with Gasteiger partial charge >= 0.3 is 0 Å². The van der Waals surface area contributed by atoms with Crippen LogP contribution in [0.25, 0.3) is 0 Å². The Labute approximate surface area is 206 Å². The Balaban J connectivity index is 1.47. The minimum absolute atomic E-state index is 0.00216. The van der Waals surface area contributed by atoms with E-state index in [0.29, 0.717) is 24.0 Å². The van der Waals surface area contributed by atoms with Gasteiger partial charge in [-0.15, -0.1) is 0 Å². The van der Waals surface area contributed by atoms with Crippen LogP contribution in [0.1, 0.15) is 107 Å². The average Bonchev–Trinajstić information content (AvgIpc) is 3.23. The van der Waals surface area contributed by atoms with Crippen molar-refractivity contribution in [1.82, 2.24) is 0 Å². The topological polar surface area (TPSA) is 70.1 Å². The Morgan fingerprint density at radius 2 is 1.68 bits per heavy atom. The number of aliphatic hydroxyl groups excluding tert-OH is 2. The summed E-state index contributed by atoms with van der Waals surface area (Å²) in [6, 6.07) is 0. The Morgan fingerprint density at radius 1 is 1.03 bits per heavy atom. The van der Waals surface area contributed by atoms with Crippen molar-refractivity contribution >= 4 is 5.78 Å². The van der Waals surface area contributed by atoms with Crippen molar-refractivity contribution in [3.8, 4) is 0 Å². The highest BCUT2D eigenvalue weighted by atomic mass is 16.6. The van der Waals surface area contributed by atoms with Gasteiger partial charge in [0.2, 0.25) is 0 Å². The zero-order chi connectivity index (χ0) is 25.1. The van der Waals surface area contributed by atoms with Gasteiger partial charge in [-0.3, -0.25) is 4.79 Å². The fourth-order valence-corrected chi connectivity index (χ4v) is 10.1. The predicted octanol–water partition coefficient (Wildman–Crippen LogP) is 5.84. The molecule has 34 heavy (non-hydrogen) atoms. The van der Waals surface area contributed by atoms with E-state index in [9.17, 15) is 15.0 Å². The number of epoxide rings is 1. The maximum Gasteiger partial charge on any atom is 0.138 e. The van der Waals surface area contributed by atoms with Crippen LogP contribution in [0.4, 0.5) is 0 Å². The third kappa shape index (κ3) is 3.16. The normalized spacial score (nSPS) is 48.6. The molecule has 1 heterocycles. The van der Waals surface area contributed by atoms with Crippen LogP contribution in [0, 0.1) is 39.4 Å². The molecule has 0 bridgehead atoms. The fourth-order valence-electron chi connectivity index (χ4n) is 10.1. The molecule has 0 spiro atoms. The van der Waals surface area contributed by atoms with Gasteiger partial charge in [0, 0.05) is 11.8 Å². The zero-order valence-electron chi connectivity index (χ0n) is 22.8. The second-order valence-corrected chi connectivity index (χ2v) is 14.6. The quantitative estimate of drug-likeness (QED) is 0.398. The molecule has 4 nitrogen and oxygen atoms in total. The van der Waals surface area contributed by atoms with Gasteiger partial charge < -0.3 is 14.9 Å². The van der Waals surface area contributed by atoms with Crippen molar-refractivity contribution in [2.45, 2.75) is 131 Å². The smallest absolute Gasteiger partial charge is 0.138 e. The SMILES string of the molecule is CC(C[C@H](O)[C@H]1OC1(C)C)C1=C2C[C@H](O)[C@H]3[C@@]4(C)CCC(=O)C(C)(C)[C@@H]4CC[C@]3(C)[C@@]2(C)CC1. The number of ether oxygens (including phenoxy) is 1. The first-order chi connectivity index (χ1) is 15.6. The highest BCUT2D eigenvalue weighted by Gasteiger charge is 2.69. The summed E-state index contributed by atoms with van der Waals surface area (Å²) >= 11 is 0. The van der Waals surface area contributed by atoms with Crippen LogP contribution in [0.15, 0.2) is 11.1 Å². The van der Waals surface area contributed by atoms with Gasteiger partial charge in [-0.05, 0) is 92.8 Å². The average molecular weight is 473 g/mol. The van der Waals surface area contributed by atoms with Crippen LogP contribution in [0.5, 0.6) is 0 Å². The van der Waals surface area contributed by atoms with Crippen molar-refractivity contribution < 1.29 is 19.7 Å². The number of carbonyl (C=O) groups is 1. The molecule has 0 aromatic carbocycles. The number of ketones is 1. The van der Waals surface area contributed by atoms with Crippen LogP contribution in [-0.2, 0) is 9.53 Å². The molecular weight excluding hydrogens is 424 g/mol. The van der Waals surface area contributed by atoms with Crippen LogP contribution >= 0.6 is 0 Å². The number of aliphatic hydroxyl groups is 2. The van der Waals surface area contributed by atoms with Crippen molar-refractivity contribution in [3.63, 3.8) is 0 Å².